The first-order valence-electron chi connectivity index (χ1n) is 9.94. The number of sulfonamides is 1. The van der Waals surface area contributed by atoms with Gasteiger partial charge in [-0.15, -0.1) is 0 Å². The summed E-state index contributed by atoms with van der Waals surface area (Å²) in [5.74, 6) is 0.793. The van der Waals surface area contributed by atoms with E-state index >= 15 is 0 Å². The molecule has 0 saturated heterocycles. The standard InChI is InChI=1S/C20H27ClN4O4S/c1-11(2)17(20-23-18(24-29-20)13-6-7-13)22-19(26)15-10-14(8-9-16(15)21)30(27,28)25(5)12(3)4/h8-13,17H,6-7H2,1-5H3,(H,22,26). The van der Waals surface area contributed by atoms with Gasteiger partial charge in [0.2, 0.25) is 15.9 Å². The number of carbonyl (C=O) groups is 1. The molecule has 1 aromatic heterocycles. The zero-order chi connectivity index (χ0) is 22.2. The van der Waals surface area contributed by atoms with Gasteiger partial charge in [-0.1, -0.05) is 30.6 Å². The molecule has 164 valence electrons. The van der Waals surface area contributed by atoms with Gasteiger partial charge in [0.05, 0.1) is 15.5 Å². The quantitative estimate of drug-likeness (QED) is 0.651. The van der Waals surface area contributed by atoms with Crippen LogP contribution in [0, 0.1) is 5.92 Å². The van der Waals surface area contributed by atoms with Crippen molar-refractivity contribution in [3.63, 3.8) is 0 Å². The summed E-state index contributed by atoms with van der Waals surface area (Å²) >= 11 is 6.23. The number of aromatic nitrogens is 2. The Kier molecular flexibility index (Phi) is 6.54. The molecule has 1 aromatic carbocycles. The fraction of sp³-hybridized carbons (Fsp3) is 0.550. The Bertz CT molecular complexity index is 1030. The summed E-state index contributed by atoms with van der Waals surface area (Å²) in [6, 6.07) is 3.36. The minimum absolute atomic E-state index is 0.00292. The average molecular weight is 455 g/mol. The van der Waals surface area contributed by atoms with E-state index < -0.39 is 22.0 Å². The third kappa shape index (κ3) is 4.68. The summed E-state index contributed by atoms with van der Waals surface area (Å²) in [7, 11) is -2.26. The maximum atomic E-state index is 13.0. The Balaban J connectivity index is 1.87. The van der Waals surface area contributed by atoms with Crippen molar-refractivity contribution in [2.24, 2.45) is 5.92 Å². The molecular weight excluding hydrogens is 428 g/mol. The van der Waals surface area contributed by atoms with Crippen LogP contribution in [0.2, 0.25) is 5.02 Å². The summed E-state index contributed by atoms with van der Waals surface area (Å²) in [6.45, 7) is 7.39. The fourth-order valence-corrected chi connectivity index (χ4v) is 4.49. The van der Waals surface area contributed by atoms with Gasteiger partial charge in [0, 0.05) is 19.0 Å². The van der Waals surface area contributed by atoms with Crippen LogP contribution >= 0.6 is 11.6 Å². The molecule has 1 heterocycles. The predicted molar refractivity (Wildman–Crippen MR) is 113 cm³/mol. The van der Waals surface area contributed by atoms with Crippen molar-refractivity contribution < 1.29 is 17.7 Å². The molecule has 1 atom stereocenters. The molecule has 30 heavy (non-hydrogen) atoms. The van der Waals surface area contributed by atoms with Crippen molar-refractivity contribution >= 4 is 27.5 Å². The molecule has 1 aliphatic rings. The van der Waals surface area contributed by atoms with Crippen LogP contribution in [0.5, 0.6) is 0 Å². The van der Waals surface area contributed by atoms with Crippen molar-refractivity contribution in [2.45, 2.75) is 63.4 Å². The molecule has 0 spiro atoms. The van der Waals surface area contributed by atoms with Gasteiger partial charge in [-0.25, -0.2) is 8.42 Å². The lowest BCUT2D eigenvalue weighted by Crippen LogP contribution is -2.34. The first-order valence-corrected chi connectivity index (χ1v) is 11.8. The highest BCUT2D eigenvalue weighted by atomic mass is 35.5. The molecule has 1 unspecified atom stereocenters. The van der Waals surface area contributed by atoms with Crippen LogP contribution in [0.1, 0.15) is 74.6 Å². The summed E-state index contributed by atoms with van der Waals surface area (Å²) in [5.41, 5.74) is 0.0717. The zero-order valence-corrected chi connectivity index (χ0v) is 19.3. The molecule has 1 N–H and O–H groups in total. The fourth-order valence-electron chi connectivity index (χ4n) is 2.90. The van der Waals surface area contributed by atoms with Crippen molar-refractivity contribution in [1.29, 1.82) is 0 Å². The SMILES string of the molecule is CC(C)C(NC(=O)c1cc(S(=O)(=O)N(C)C(C)C)ccc1Cl)c1nc(C2CC2)no1. The molecule has 3 rings (SSSR count). The lowest BCUT2D eigenvalue weighted by Gasteiger charge is -2.22. The predicted octanol–water partition coefficient (Wildman–Crippen LogP) is 3.76. The molecule has 1 amide bonds. The smallest absolute Gasteiger partial charge is 0.253 e. The average Bonchev–Trinajstić information content (AvgIpc) is 3.42. The number of hydrogen-bond donors (Lipinski definition) is 1. The van der Waals surface area contributed by atoms with E-state index in [4.69, 9.17) is 16.1 Å². The van der Waals surface area contributed by atoms with Crippen LogP contribution in [-0.2, 0) is 10.0 Å². The Morgan fingerprint density at radius 1 is 1.27 bits per heavy atom. The number of halogens is 1. The Morgan fingerprint density at radius 3 is 2.50 bits per heavy atom. The summed E-state index contributed by atoms with van der Waals surface area (Å²) in [6.07, 6.45) is 2.08. The third-order valence-corrected chi connectivity index (χ3v) is 7.57. The zero-order valence-electron chi connectivity index (χ0n) is 17.7. The van der Waals surface area contributed by atoms with Crippen molar-refractivity contribution in [1.82, 2.24) is 19.8 Å². The number of nitrogens with one attached hydrogen (secondary N) is 1. The molecular formula is C20H27ClN4O4S. The van der Waals surface area contributed by atoms with Gasteiger partial charge in [0.25, 0.3) is 5.91 Å². The summed E-state index contributed by atoms with van der Waals surface area (Å²) in [4.78, 5) is 17.4. The van der Waals surface area contributed by atoms with Gasteiger partial charge in [-0.3, -0.25) is 4.79 Å². The van der Waals surface area contributed by atoms with E-state index in [0.717, 1.165) is 12.8 Å². The normalized spacial score (nSPS) is 15.8. The third-order valence-electron chi connectivity index (χ3n) is 5.21. The largest absolute Gasteiger partial charge is 0.340 e. The minimum Gasteiger partial charge on any atom is -0.340 e. The molecule has 8 nitrogen and oxygen atoms in total. The maximum absolute atomic E-state index is 13.0. The first-order chi connectivity index (χ1) is 14.0. The van der Waals surface area contributed by atoms with E-state index in [1.807, 2.05) is 13.8 Å². The number of rotatable bonds is 8. The molecule has 0 bridgehead atoms. The second kappa shape index (κ2) is 8.64. The topological polar surface area (TPSA) is 105 Å². The Labute approximate surface area is 182 Å². The van der Waals surface area contributed by atoms with Crippen LogP contribution in [0.15, 0.2) is 27.6 Å². The number of nitrogens with zero attached hydrogens (tertiary/aromatic N) is 3. The highest BCUT2D eigenvalue weighted by Gasteiger charge is 2.32. The lowest BCUT2D eigenvalue weighted by atomic mass is 10.0. The molecule has 0 radical (unpaired) electrons. The van der Waals surface area contributed by atoms with E-state index in [-0.39, 0.29) is 27.4 Å². The van der Waals surface area contributed by atoms with Gasteiger partial charge in [0.1, 0.15) is 6.04 Å². The van der Waals surface area contributed by atoms with Crippen LogP contribution in [0.4, 0.5) is 0 Å². The Morgan fingerprint density at radius 2 is 1.93 bits per heavy atom. The lowest BCUT2D eigenvalue weighted by molar-refractivity contribution is 0.0914. The summed E-state index contributed by atoms with van der Waals surface area (Å²) < 4.78 is 32.2. The number of hydrogen-bond acceptors (Lipinski definition) is 6. The van der Waals surface area contributed by atoms with Gasteiger partial charge >= 0.3 is 0 Å². The highest BCUT2D eigenvalue weighted by Crippen LogP contribution is 2.38. The van der Waals surface area contributed by atoms with Gasteiger partial charge in [0.15, 0.2) is 5.82 Å². The van der Waals surface area contributed by atoms with E-state index in [2.05, 4.69) is 15.5 Å². The maximum Gasteiger partial charge on any atom is 0.253 e. The highest BCUT2D eigenvalue weighted by molar-refractivity contribution is 7.89. The number of carbonyl (C=O) groups excluding carboxylic acids is 1. The molecule has 0 aliphatic heterocycles. The van der Waals surface area contributed by atoms with E-state index in [9.17, 15) is 13.2 Å². The monoisotopic (exact) mass is 454 g/mol. The molecule has 2 aromatic rings. The molecule has 10 heteroatoms. The van der Waals surface area contributed by atoms with E-state index in [1.54, 1.807) is 13.8 Å². The molecule has 1 fully saturated rings. The second-order valence-corrected chi connectivity index (χ2v) is 10.6. The molecule has 1 aliphatic carbocycles. The minimum atomic E-state index is -3.75. The van der Waals surface area contributed by atoms with Crippen LogP contribution in [0.25, 0.3) is 0 Å². The van der Waals surface area contributed by atoms with Crippen molar-refractivity contribution in [2.75, 3.05) is 7.05 Å². The van der Waals surface area contributed by atoms with E-state index in [0.29, 0.717) is 17.6 Å². The summed E-state index contributed by atoms with van der Waals surface area (Å²) in [5, 5.41) is 7.04. The van der Waals surface area contributed by atoms with Crippen molar-refractivity contribution in [3.05, 3.63) is 40.5 Å². The number of amides is 1. The van der Waals surface area contributed by atoms with Gasteiger partial charge in [-0.05, 0) is 50.8 Å². The van der Waals surface area contributed by atoms with E-state index in [1.165, 1.54) is 29.6 Å². The van der Waals surface area contributed by atoms with Crippen molar-refractivity contribution in [3.8, 4) is 0 Å². The Hall–Kier alpha value is -1.97. The van der Waals surface area contributed by atoms with Crippen LogP contribution in [-0.4, -0.2) is 41.9 Å². The van der Waals surface area contributed by atoms with Gasteiger partial charge < -0.3 is 9.84 Å². The van der Waals surface area contributed by atoms with Crippen LogP contribution < -0.4 is 5.32 Å². The van der Waals surface area contributed by atoms with Gasteiger partial charge in [-0.2, -0.15) is 9.29 Å². The van der Waals surface area contributed by atoms with Crippen LogP contribution in [0.3, 0.4) is 0 Å². The molecule has 1 saturated carbocycles. The first kappa shape index (κ1) is 22.7. The number of benzene rings is 1. The second-order valence-electron chi connectivity index (χ2n) is 8.22.